The Morgan fingerprint density at radius 1 is 1.18 bits per heavy atom. The fourth-order valence-corrected chi connectivity index (χ4v) is 3.03. The largest absolute Gasteiger partial charge is 0.480 e. The van der Waals surface area contributed by atoms with Crippen molar-refractivity contribution < 1.29 is 19.8 Å². The van der Waals surface area contributed by atoms with Crippen molar-refractivity contribution in [2.75, 3.05) is 5.32 Å². The second-order valence-electron chi connectivity index (χ2n) is 6.07. The van der Waals surface area contributed by atoms with E-state index in [4.69, 9.17) is 18.0 Å². The van der Waals surface area contributed by atoms with E-state index in [9.17, 15) is 19.8 Å². The van der Waals surface area contributed by atoms with Crippen LogP contribution >= 0.6 is 11.6 Å². The molecule has 28 heavy (non-hydrogen) atoms. The van der Waals surface area contributed by atoms with Gasteiger partial charge in [-0.2, -0.15) is 0 Å². The molecule has 6 nitrogen and oxygen atoms in total. The fourth-order valence-electron chi connectivity index (χ4n) is 2.84. The van der Waals surface area contributed by atoms with Crippen molar-refractivity contribution in [3.8, 4) is 12.3 Å². The summed E-state index contributed by atoms with van der Waals surface area (Å²) in [6.07, 6.45) is 5.54. The van der Waals surface area contributed by atoms with Gasteiger partial charge in [-0.05, 0) is 35.9 Å². The minimum atomic E-state index is -1.23. The number of rotatable bonds is 6. The molecule has 1 heterocycles. The summed E-state index contributed by atoms with van der Waals surface area (Å²) in [6, 6.07) is 12.1. The lowest BCUT2D eigenvalue weighted by Gasteiger charge is -2.18. The summed E-state index contributed by atoms with van der Waals surface area (Å²) >= 11 is 5.95. The van der Waals surface area contributed by atoms with Gasteiger partial charge in [0.2, 0.25) is 0 Å². The predicted octanol–water partition coefficient (Wildman–Crippen LogP) is 3.68. The number of hydrogen-bond acceptors (Lipinski definition) is 4. The number of anilines is 1. The Kier molecular flexibility index (Phi) is 5.48. The minimum Gasteiger partial charge on any atom is -0.480 e. The third kappa shape index (κ3) is 4.05. The van der Waals surface area contributed by atoms with Crippen LogP contribution in [-0.4, -0.2) is 33.2 Å². The van der Waals surface area contributed by atoms with E-state index in [1.807, 2.05) is 0 Å². The average Bonchev–Trinajstić information content (AvgIpc) is 2.67. The number of fused-ring (bicyclic) bond motifs is 1. The van der Waals surface area contributed by atoms with Gasteiger partial charge in [-0.15, -0.1) is 6.42 Å². The van der Waals surface area contributed by atoms with Crippen LogP contribution in [0.1, 0.15) is 21.5 Å². The second-order valence-corrected chi connectivity index (χ2v) is 6.50. The molecule has 0 aliphatic carbocycles. The number of aromatic carboxylic acids is 1. The summed E-state index contributed by atoms with van der Waals surface area (Å²) in [6.45, 7) is 0. The molecule has 0 saturated carbocycles. The molecule has 1 aromatic heterocycles. The molecule has 3 rings (SSSR count). The van der Waals surface area contributed by atoms with E-state index in [2.05, 4.69) is 16.2 Å². The molecule has 1 atom stereocenters. The minimum absolute atomic E-state index is 0.0343. The molecule has 0 fully saturated rings. The third-order valence-corrected chi connectivity index (χ3v) is 4.45. The lowest BCUT2D eigenvalue weighted by atomic mass is 10.0. The molecule has 0 aliphatic rings. The van der Waals surface area contributed by atoms with Crippen molar-refractivity contribution in [3.05, 3.63) is 70.2 Å². The van der Waals surface area contributed by atoms with E-state index in [0.29, 0.717) is 27.1 Å². The van der Waals surface area contributed by atoms with Crippen molar-refractivity contribution in [3.63, 3.8) is 0 Å². The molecule has 140 valence electrons. The van der Waals surface area contributed by atoms with Gasteiger partial charge in [0.1, 0.15) is 17.4 Å². The van der Waals surface area contributed by atoms with E-state index < -0.39 is 18.0 Å². The molecule has 0 spiro atoms. The lowest BCUT2D eigenvalue weighted by Crippen LogP contribution is -2.33. The summed E-state index contributed by atoms with van der Waals surface area (Å²) in [7, 11) is 0. The molecular formula is C21H15ClN2O4. The number of carboxylic acid groups (broad SMARTS) is 2. The molecule has 3 N–H and O–H groups in total. The Morgan fingerprint density at radius 2 is 1.93 bits per heavy atom. The summed E-state index contributed by atoms with van der Waals surface area (Å²) in [5.74, 6) is 0.102. The molecule has 1 unspecified atom stereocenters. The Balaban J connectivity index is 2.01. The van der Waals surface area contributed by atoms with Crippen LogP contribution in [0.4, 0.5) is 5.82 Å². The number of carbonyl (C=O) groups is 2. The van der Waals surface area contributed by atoms with Crippen LogP contribution in [0, 0.1) is 12.3 Å². The normalized spacial score (nSPS) is 11.6. The van der Waals surface area contributed by atoms with Crippen LogP contribution < -0.4 is 5.32 Å². The topological polar surface area (TPSA) is 99.5 Å². The first kappa shape index (κ1) is 19.2. The van der Waals surface area contributed by atoms with E-state index >= 15 is 0 Å². The number of benzene rings is 2. The molecule has 7 heteroatoms. The summed E-state index contributed by atoms with van der Waals surface area (Å²) in [4.78, 5) is 27.8. The Bertz CT molecular complexity index is 1120. The smallest absolute Gasteiger partial charge is 0.339 e. The van der Waals surface area contributed by atoms with Crippen LogP contribution in [0.25, 0.3) is 10.9 Å². The average molecular weight is 395 g/mol. The molecule has 0 bridgehead atoms. The third-order valence-electron chi connectivity index (χ3n) is 4.21. The molecule has 0 radical (unpaired) electrons. The van der Waals surface area contributed by atoms with E-state index in [1.165, 1.54) is 6.07 Å². The van der Waals surface area contributed by atoms with Gasteiger partial charge >= 0.3 is 11.9 Å². The number of halogens is 1. The van der Waals surface area contributed by atoms with Gasteiger partial charge in [0.15, 0.2) is 0 Å². The zero-order chi connectivity index (χ0) is 20.3. The molecule has 2 aromatic carbocycles. The number of nitrogens with one attached hydrogen (secondary N) is 1. The van der Waals surface area contributed by atoms with Crippen LogP contribution in [0.15, 0.2) is 48.5 Å². The Labute approximate surface area is 165 Å². The first-order chi connectivity index (χ1) is 13.4. The van der Waals surface area contributed by atoms with E-state index in [0.717, 1.165) is 0 Å². The van der Waals surface area contributed by atoms with E-state index in [-0.39, 0.29) is 17.8 Å². The number of pyridine rings is 1. The van der Waals surface area contributed by atoms with Crippen molar-refractivity contribution in [2.45, 2.75) is 12.5 Å². The maximum absolute atomic E-state index is 11.8. The zero-order valence-electron chi connectivity index (χ0n) is 14.5. The van der Waals surface area contributed by atoms with Gasteiger partial charge in [-0.1, -0.05) is 35.7 Å². The molecule has 0 saturated heterocycles. The first-order valence-electron chi connectivity index (χ1n) is 8.26. The van der Waals surface area contributed by atoms with Crippen molar-refractivity contribution in [2.24, 2.45) is 0 Å². The zero-order valence-corrected chi connectivity index (χ0v) is 15.3. The van der Waals surface area contributed by atoms with Crippen LogP contribution in [0.5, 0.6) is 0 Å². The summed E-state index contributed by atoms with van der Waals surface area (Å²) in [5, 5.41) is 22.9. The van der Waals surface area contributed by atoms with E-state index in [1.54, 1.807) is 42.5 Å². The van der Waals surface area contributed by atoms with Gasteiger partial charge in [0.25, 0.3) is 0 Å². The highest BCUT2D eigenvalue weighted by atomic mass is 35.5. The second kappa shape index (κ2) is 7.99. The summed E-state index contributed by atoms with van der Waals surface area (Å²) in [5.41, 5.74) is 1.58. The van der Waals surface area contributed by atoms with Crippen molar-refractivity contribution >= 4 is 40.3 Å². The van der Waals surface area contributed by atoms with Gasteiger partial charge in [-0.3, -0.25) is 0 Å². The number of nitrogens with zero attached hydrogens (tertiary/aromatic N) is 1. The number of hydrogen-bond donors (Lipinski definition) is 3. The molecule has 0 aliphatic heterocycles. The quantitative estimate of drug-likeness (QED) is 0.551. The SMILES string of the molecule is C#Cc1ccccc1CC(Nc1nc2ccc(Cl)cc2cc1C(=O)O)C(=O)O. The van der Waals surface area contributed by atoms with Crippen LogP contribution in [0.3, 0.4) is 0 Å². The maximum atomic E-state index is 11.8. The van der Waals surface area contributed by atoms with Crippen molar-refractivity contribution in [1.29, 1.82) is 0 Å². The lowest BCUT2D eigenvalue weighted by molar-refractivity contribution is -0.137. The van der Waals surface area contributed by atoms with Crippen molar-refractivity contribution in [1.82, 2.24) is 4.98 Å². The highest BCUT2D eigenvalue weighted by Gasteiger charge is 2.23. The standard InChI is InChI=1S/C21H15ClN2O4/c1-2-12-5-3-4-6-13(12)11-18(21(27)28)24-19-16(20(25)26)10-14-9-15(22)7-8-17(14)23-19/h1,3-10,18H,11H2,(H,23,24)(H,25,26)(H,27,28). The number of carboxylic acids is 2. The number of aromatic nitrogens is 1. The molecule has 0 amide bonds. The molecular weight excluding hydrogens is 380 g/mol. The highest BCUT2D eigenvalue weighted by molar-refractivity contribution is 6.31. The number of terminal acetylenes is 1. The van der Waals surface area contributed by atoms with Gasteiger partial charge in [0.05, 0.1) is 5.52 Å². The predicted molar refractivity (Wildman–Crippen MR) is 107 cm³/mol. The van der Waals surface area contributed by atoms with Crippen LogP contribution in [0.2, 0.25) is 5.02 Å². The monoisotopic (exact) mass is 394 g/mol. The van der Waals surface area contributed by atoms with Crippen LogP contribution in [-0.2, 0) is 11.2 Å². The highest BCUT2D eigenvalue weighted by Crippen LogP contribution is 2.25. The first-order valence-corrected chi connectivity index (χ1v) is 8.64. The van der Waals surface area contributed by atoms with Gasteiger partial charge in [0, 0.05) is 22.4 Å². The Morgan fingerprint density at radius 3 is 2.61 bits per heavy atom. The number of aliphatic carboxylic acids is 1. The maximum Gasteiger partial charge on any atom is 0.339 e. The Hall–Kier alpha value is -3.56. The van der Waals surface area contributed by atoms with Gasteiger partial charge in [-0.25, -0.2) is 14.6 Å². The molecule has 3 aromatic rings. The van der Waals surface area contributed by atoms with Gasteiger partial charge < -0.3 is 15.5 Å². The summed E-state index contributed by atoms with van der Waals surface area (Å²) < 4.78 is 0. The fraction of sp³-hybridized carbons (Fsp3) is 0.0952.